The van der Waals surface area contributed by atoms with Crippen molar-refractivity contribution < 1.29 is 0 Å². The molecule has 0 spiro atoms. The Balaban J connectivity index is 2.41. The van der Waals surface area contributed by atoms with Crippen molar-refractivity contribution in [3.05, 3.63) is 40.1 Å². The predicted molar refractivity (Wildman–Crippen MR) is 64.4 cm³/mol. The quantitative estimate of drug-likeness (QED) is 0.877. The maximum absolute atomic E-state index is 5.56. The van der Waals surface area contributed by atoms with E-state index in [-0.39, 0.29) is 0 Å². The molecule has 0 aliphatic carbocycles. The highest BCUT2D eigenvalue weighted by atomic mass is 79.9. The Kier molecular flexibility index (Phi) is 2.88. The molecule has 0 aliphatic heterocycles. The number of hydrogen-bond acceptors (Lipinski definition) is 2. The van der Waals surface area contributed by atoms with Crippen LogP contribution >= 0.6 is 15.9 Å². The maximum atomic E-state index is 5.56. The molecule has 2 rings (SSSR count). The Morgan fingerprint density at radius 3 is 2.53 bits per heavy atom. The van der Waals surface area contributed by atoms with Gasteiger partial charge in [-0.25, -0.2) is 4.98 Å². The van der Waals surface area contributed by atoms with Gasteiger partial charge in [0.15, 0.2) is 0 Å². The normalized spacial score (nSPS) is 10.6. The number of aromatic nitrogens is 2. The maximum Gasteiger partial charge on any atom is 0.138 e. The number of nitrogens with two attached hydrogens (primary N) is 1. The van der Waals surface area contributed by atoms with Gasteiger partial charge in [-0.2, -0.15) is 0 Å². The van der Waals surface area contributed by atoms with Crippen LogP contribution in [-0.2, 0) is 6.54 Å². The van der Waals surface area contributed by atoms with Crippen molar-refractivity contribution >= 4 is 15.9 Å². The van der Waals surface area contributed by atoms with E-state index in [0.717, 1.165) is 21.7 Å². The zero-order chi connectivity index (χ0) is 10.8. The average molecular weight is 266 g/mol. The van der Waals surface area contributed by atoms with Gasteiger partial charge in [-0.05, 0) is 22.9 Å². The second-order valence-electron chi connectivity index (χ2n) is 3.42. The van der Waals surface area contributed by atoms with Gasteiger partial charge in [0.25, 0.3) is 0 Å². The first kappa shape index (κ1) is 10.4. The molecule has 1 aromatic heterocycles. The van der Waals surface area contributed by atoms with Crippen LogP contribution in [-0.4, -0.2) is 9.97 Å². The minimum Gasteiger partial charge on any atom is -0.340 e. The van der Waals surface area contributed by atoms with Gasteiger partial charge in [0.05, 0.1) is 5.69 Å². The summed E-state index contributed by atoms with van der Waals surface area (Å²) in [6.45, 7) is 2.52. The smallest absolute Gasteiger partial charge is 0.138 e. The monoisotopic (exact) mass is 265 g/mol. The SMILES string of the molecule is Cc1ccc(-c2nc(Br)c(CN)[nH]2)cc1. The molecule has 2 aromatic rings. The first-order chi connectivity index (χ1) is 7.20. The van der Waals surface area contributed by atoms with Gasteiger partial charge in [0.2, 0.25) is 0 Å². The first-order valence-electron chi connectivity index (χ1n) is 4.72. The van der Waals surface area contributed by atoms with Crippen LogP contribution in [0, 0.1) is 6.92 Å². The molecule has 4 heteroatoms. The number of nitrogens with zero attached hydrogens (tertiary/aromatic N) is 1. The van der Waals surface area contributed by atoms with Gasteiger partial charge in [-0.15, -0.1) is 0 Å². The Bertz CT molecular complexity index is 459. The second-order valence-corrected chi connectivity index (χ2v) is 4.18. The summed E-state index contributed by atoms with van der Waals surface area (Å²) in [6.07, 6.45) is 0. The van der Waals surface area contributed by atoms with E-state index in [2.05, 4.69) is 45.0 Å². The van der Waals surface area contributed by atoms with Crippen molar-refractivity contribution in [2.24, 2.45) is 5.73 Å². The zero-order valence-electron chi connectivity index (χ0n) is 8.42. The van der Waals surface area contributed by atoms with Crippen LogP contribution in [0.25, 0.3) is 11.4 Å². The van der Waals surface area contributed by atoms with Crippen LogP contribution < -0.4 is 5.73 Å². The lowest BCUT2D eigenvalue weighted by Crippen LogP contribution is -1.96. The number of aryl methyl sites for hydroxylation is 1. The van der Waals surface area contributed by atoms with E-state index in [1.807, 2.05) is 12.1 Å². The standard InChI is InChI=1S/C11H12BrN3/c1-7-2-4-8(5-3-7)11-14-9(6-13)10(12)15-11/h2-5H,6,13H2,1H3,(H,14,15). The average Bonchev–Trinajstić information content (AvgIpc) is 2.61. The van der Waals surface area contributed by atoms with Gasteiger partial charge >= 0.3 is 0 Å². The molecule has 0 bridgehead atoms. The molecule has 0 fully saturated rings. The molecule has 3 nitrogen and oxygen atoms in total. The number of rotatable bonds is 2. The molecule has 0 saturated carbocycles. The van der Waals surface area contributed by atoms with Crippen molar-refractivity contribution in [3.63, 3.8) is 0 Å². The van der Waals surface area contributed by atoms with E-state index in [9.17, 15) is 0 Å². The lowest BCUT2D eigenvalue weighted by atomic mass is 10.1. The summed E-state index contributed by atoms with van der Waals surface area (Å²) < 4.78 is 0.792. The third kappa shape index (κ3) is 2.11. The van der Waals surface area contributed by atoms with Crippen molar-refractivity contribution in [1.82, 2.24) is 9.97 Å². The summed E-state index contributed by atoms with van der Waals surface area (Å²) >= 11 is 3.37. The first-order valence-corrected chi connectivity index (χ1v) is 5.51. The van der Waals surface area contributed by atoms with Crippen LogP contribution in [0.1, 0.15) is 11.3 Å². The minimum absolute atomic E-state index is 0.458. The fraction of sp³-hybridized carbons (Fsp3) is 0.182. The molecule has 0 amide bonds. The molecule has 78 valence electrons. The Labute approximate surface area is 96.9 Å². The van der Waals surface area contributed by atoms with Gasteiger partial charge in [-0.1, -0.05) is 29.8 Å². The lowest BCUT2D eigenvalue weighted by Gasteiger charge is -1.97. The number of imidazole rings is 1. The number of halogens is 1. The van der Waals surface area contributed by atoms with E-state index in [1.165, 1.54) is 5.56 Å². The second kappa shape index (κ2) is 4.16. The van der Waals surface area contributed by atoms with Crippen molar-refractivity contribution in [2.45, 2.75) is 13.5 Å². The van der Waals surface area contributed by atoms with Crippen LogP contribution in [0.4, 0.5) is 0 Å². The van der Waals surface area contributed by atoms with E-state index >= 15 is 0 Å². The molecule has 3 N–H and O–H groups in total. The Morgan fingerprint density at radius 1 is 1.33 bits per heavy atom. The van der Waals surface area contributed by atoms with Crippen molar-refractivity contribution in [3.8, 4) is 11.4 Å². The third-order valence-corrected chi connectivity index (χ3v) is 2.91. The molecular formula is C11H12BrN3. The number of nitrogens with one attached hydrogen (secondary N) is 1. The molecule has 0 saturated heterocycles. The zero-order valence-corrected chi connectivity index (χ0v) is 10.0. The summed E-state index contributed by atoms with van der Waals surface area (Å²) in [5.74, 6) is 0.849. The lowest BCUT2D eigenvalue weighted by molar-refractivity contribution is 1.00. The largest absolute Gasteiger partial charge is 0.340 e. The van der Waals surface area contributed by atoms with Crippen molar-refractivity contribution in [2.75, 3.05) is 0 Å². The van der Waals surface area contributed by atoms with E-state index in [4.69, 9.17) is 5.73 Å². The minimum atomic E-state index is 0.458. The van der Waals surface area contributed by atoms with Crippen LogP contribution in [0.5, 0.6) is 0 Å². The van der Waals surface area contributed by atoms with Gasteiger partial charge in [0, 0.05) is 12.1 Å². The van der Waals surface area contributed by atoms with Crippen LogP contribution in [0.15, 0.2) is 28.9 Å². The topological polar surface area (TPSA) is 54.7 Å². The Morgan fingerprint density at radius 2 is 2.00 bits per heavy atom. The number of H-pyrrole nitrogens is 1. The van der Waals surface area contributed by atoms with Gasteiger partial charge < -0.3 is 10.7 Å². The van der Waals surface area contributed by atoms with Gasteiger partial charge in [-0.3, -0.25) is 0 Å². The summed E-state index contributed by atoms with van der Waals surface area (Å²) in [6, 6.07) is 8.21. The predicted octanol–water partition coefficient (Wildman–Crippen LogP) is 2.61. The van der Waals surface area contributed by atoms with E-state index in [1.54, 1.807) is 0 Å². The molecule has 0 aliphatic rings. The molecule has 1 aromatic carbocycles. The third-order valence-electron chi connectivity index (χ3n) is 2.26. The molecule has 15 heavy (non-hydrogen) atoms. The number of aromatic amines is 1. The fourth-order valence-electron chi connectivity index (χ4n) is 1.37. The Hall–Kier alpha value is -1.13. The summed E-state index contributed by atoms with van der Waals surface area (Å²) in [7, 11) is 0. The van der Waals surface area contributed by atoms with Crippen LogP contribution in [0.3, 0.4) is 0 Å². The highest BCUT2D eigenvalue weighted by molar-refractivity contribution is 9.10. The molecular weight excluding hydrogens is 254 g/mol. The summed E-state index contributed by atoms with van der Waals surface area (Å²) in [4.78, 5) is 7.55. The molecule has 1 heterocycles. The fourth-order valence-corrected chi connectivity index (χ4v) is 1.81. The molecule has 0 atom stereocenters. The van der Waals surface area contributed by atoms with E-state index < -0.39 is 0 Å². The summed E-state index contributed by atoms with van der Waals surface area (Å²) in [5.41, 5.74) is 8.80. The summed E-state index contributed by atoms with van der Waals surface area (Å²) in [5, 5.41) is 0. The van der Waals surface area contributed by atoms with Crippen LogP contribution in [0.2, 0.25) is 0 Å². The molecule has 0 unspecified atom stereocenters. The van der Waals surface area contributed by atoms with E-state index in [0.29, 0.717) is 6.54 Å². The number of benzene rings is 1. The highest BCUT2D eigenvalue weighted by Crippen LogP contribution is 2.21. The van der Waals surface area contributed by atoms with Crippen molar-refractivity contribution in [1.29, 1.82) is 0 Å². The van der Waals surface area contributed by atoms with Gasteiger partial charge in [0.1, 0.15) is 10.4 Å². The molecule has 0 radical (unpaired) electrons. The number of hydrogen-bond donors (Lipinski definition) is 2. The highest BCUT2D eigenvalue weighted by Gasteiger charge is 2.07.